The lowest BCUT2D eigenvalue weighted by atomic mass is 10.2. The summed E-state index contributed by atoms with van der Waals surface area (Å²) in [4.78, 5) is 59.8. The monoisotopic (exact) mass is 780 g/mol. The zero-order valence-electron chi connectivity index (χ0n) is 33.5. The Balaban J connectivity index is 0.000000175. The number of aromatic hydroxyl groups is 1. The van der Waals surface area contributed by atoms with Crippen molar-refractivity contribution >= 4 is 34.2 Å². The van der Waals surface area contributed by atoms with Crippen molar-refractivity contribution in [2.24, 2.45) is 28.2 Å². The fourth-order valence-electron chi connectivity index (χ4n) is 7.84. The van der Waals surface area contributed by atoms with E-state index in [1.807, 2.05) is 59.4 Å². The Hall–Kier alpha value is -6.06. The molecule has 57 heavy (non-hydrogen) atoms. The van der Waals surface area contributed by atoms with E-state index < -0.39 is 5.69 Å². The Morgan fingerprint density at radius 2 is 1.02 bits per heavy atom. The molecule has 0 bridgehead atoms. The Morgan fingerprint density at radius 3 is 1.40 bits per heavy atom. The van der Waals surface area contributed by atoms with Crippen LogP contribution < -0.4 is 37.9 Å². The van der Waals surface area contributed by atoms with Crippen molar-refractivity contribution in [2.45, 2.75) is 96.5 Å². The molecule has 2 aliphatic rings. The summed E-state index contributed by atoms with van der Waals surface area (Å²) in [5.74, 6) is 2.24. The number of hydrogen-bond acceptors (Lipinski definition) is 10. The number of nitrogens with one attached hydrogen (secondary N) is 2. The lowest BCUT2D eigenvalue weighted by molar-refractivity contribution is 0.242. The summed E-state index contributed by atoms with van der Waals surface area (Å²) in [5.41, 5.74) is 2.10. The van der Waals surface area contributed by atoms with Crippen LogP contribution in [0.15, 0.2) is 67.7 Å². The molecule has 0 saturated heterocycles. The van der Waals surface area contributed by atoms with Crippen LogP contribution in [-0.2, 0) is 41.3 Å². The first-order valence-corrected chi connectivity index (χ1v) is 19.7. The van der Waals surface area contributed by atoms with Crippen LogP contribution in [0.4, 0.5) is 11.9 Å². The predicted molar refractivity (Wildman–Crippen MR) is 221 cm³/mol. The van der Waals surface area contributed by atoms with Gasteiger partial charge in [0, 0.05) is 40.3 Å². The second-order valence-corrected chi connectivity index (χ2v) is 15.5. The average molecular weight is 781 g/mol. The highest BCUT2D eigenvalue weighted by Crippen LogP contribution is 2.27. The minimum absolute atomic E-state index is 0.111. The largest absolute Gasteiger partial charge is 0.508 e. The topological polar surface area (TPSA) is 177 Å². The predicted octanol–water partition coefficient (Wildman–Crippen LogP) is 4.17. The highest BCUT2D eigenvalue weighted by Gasteiger charge is 2.24. The molecule has 16 heteroatoms. The third-order valence-electron chi connectivity index (χ3n) is 11.0. The molecule has 0 aliphatic heterocycles. The van der Waals surface area contributed by atoms with Crippen molar-refractivity contribution in [3.63, 3.8) is 0 Å². The maximum atomic E-state index is 13.0. The van der Waals surface area contributed by atoms with E-state index >= 15 is 0 Å². The summed E-state index contributed by atoms with van der Waals surface area (Å²) >= 11 is 0. The summed E-state index contributed by atoms with van der Waals surface area (Å²) in [7, 11) is 6.26. The Labute approximate surface area is 329 Å². The van der Waals surface area contributed by atoms with E-state index in [2.05, 4.69) is 20.6 Å². The van der Waals surface area contributed by atoms with Gasteiger partial charge in [0.2, 0.25) is 11.9 Å². The van der Waals surface area contributed by atoms with Crippen molar-refractivity contribution in [3.05, 3.63) is 101 Å². The van der Waals surface area contributed by atoms with Gasteiger partial charge < -0.3 is 20.5 Å². The average Bonchev–Trinajstić information content (AvgIpc) is 4.03. The molecule has 0 unspecified atom stereocenters. The smallest absolute Gasteiger partial charge is 0.332 e. The van der Waals surface area contributed by atoms with E-state index in [4.69, 9.17) is 4.74 Å². The number of anilines is 2. The third-order valence-corrected chi connectivity index (χ3v) is 11.0. The van der Waals surface area contributed by atoms with E-state index in [-0.39, 0.29) is 28.7 Å². The number of benzene rings is 2. The second kappa shape index (κ2) is 16.2. The number of ether oxygens (including phenoxy) is 1. The van der Waals surface area contributed by atoms with Crippen molar-refractivity contribution in [1.29, 1.82) is 0 Å². The molecule has 2 aliphatic carbocycles. The first-order chi connectivity index (χ1) is 27.3. The molecule has 6 aromatic rings. The normalized spacial score (nSPS) is 14.8. The van der Waals surface area contributed by atoms with Crippen LogP contribution in [0.3, 0.4) is 0 Å². The summed E-state index contributed by atoms with van der Waals surface area (Å²) in [6, 6.07) is 15.4. The molecule has 16 nitrogen and oxygen atoms in total. The minimum Gasteiger partial charge on any atom is -0.508 e. The number of fused-ring (bicyclic) bond motifs is 2. The molecule has 2 fully saturated rings. The molecule has 2 aromatic carbocycles. The van der Waals surface area contributed by atoms with Crippen molar-refractivity contribution in [1.82, 2.24) is 37.4 Å². The SMILES string of the molecule is CC(C)Oc1ccc(Cn2c(NC3CCCC3)nc3c2c(=O)n(C)c(=O)n3C)cc1.Cn1c(=O)c2c(nc(NC3CCCC3)n2Cc2ccc(O)cc2)n(C)c1=O. The molecular weight excluding hydrogens is 729 g/mol. The lowest BCUT2D eigenvalue weighted by Gasteiger charge is -2.15. The van der Waals surface area contributed by atoms with Gasteiger partial charge >= 0.3 is 11.4 Å². The lowest BCUT2D eigenvalue weighted by Crippen LogP contribution is -2.37. The van der Waals surface area contributed by atoms with Gasteiger partial charge in [0.15, 0.2) is 22.3 Å². The molecule has 0 radical (unpaired) electrons. The van der Waals surface area contributed by atoms with E-state index in [1.165, 1.54) is 48.9 Å². The van der Waals surface area contributed by atoms with Crippen LogP contribution in [0.1, 0.15) is 76.3 Å². The molecule has 3 N–H and O–H groups in total. The number of imidazole rings is 2. The third kappa shape index (κ3) is 7.98. The van der Waals surface area contributed by atoms with E-state index in [1.54, 1.807) is 26.2 Å². The summed E-state index contributed by atoms with van der Waals surface area (Å²) < 4.78 is 14.5. The molecule has 8 rings (SSSR count). The highest BCUT2D eigenvalue weighted by atomic mass is 16.5. The zero-order valence-corrected chi connectivity index (χ0v) is 33.5. The van der Waals surface area contributed by atoms with Gasteiger partial charge in [0.1, 0.15) is 11.5 Å². The van der Waals surface area contributed by atoms with Gasteiger partial charge in [-0.3, -0.25) is 37.0 Å². The van der Waals surface area contributed by atoms with Crippen LogP contribution in [0.2, 0.25) is 0 Å². The Bertz CT molecular complexity index is 2630. The number of phenolic OH excluding ortho intramolecular Hbond substituents is 1. The van der Waals surface area contributed by atoms with Crippen LogP contribution in [-0.4, -0.2) is 60.7 Å². The fraction of sp³-hybridized carbons (Fsp3) is 0.463. The van der Waals surface area contributed by atoms with Gasteiger partial charge in [-0.15, -0.1) is 0 Å². The van der Waals surface area contributed by atoms with Crippen LogP contribution in [0, 0.1) is 0 Å². The van der Waals surface area contributed by atoms with Gasteiger partial charge in [0.05, 0.1) is 19.2 Å². The molecule has 0 spiro atoms. The van der Waals surface area contributed by atoms with Crippen molar-refractivity contribution < 1.29 is 9.84 Å². The Kier molecular flexibility index (Phi) is 11.1. The van der Waals surface area contributed by atoms with E-state index in [0.717, 1.165) is 51.7 Å². The fourth-order valence-corrected chi connectivity index (χ4v) is 7.84. The molecule has 4 heterocycles. The minimum atomic E-state index is -0.394. The van der Waals surface area contributed by atoms with Crippen molar-refractivity contribution in [3.8, 4) is 11.5 Å². The number of aromatic nitrogens is 8. The molecule has 4 aromatic heterocycles. The molecular formula is C41H52N10O6. The van der Waals surface area contributed by atoms with Gasteiger partial charge in [-0.05, 0) is 74.9 Å². The Morgan fingerprint density at radius 1 is 0.632 bits per heavy atom. The number of rotatable bonds is 10. The van der Waals surface area contributed by atoms with Gasteiger partial charge in [-0.25, -0.2) is 9.59 Å². The second-order valence-electron chi connectivity index (χ2n) is 15.5. The zero-order chi connectivity index (χ0) is 40.5. The molecule has 0 atom stereocenters. The molecule has 0 amide bonds. The van der Waals surface area contributed by atoms with Crippen LogP contribution in [0.5, 0.6) is 11.5 Å². The highest BCUT2D eigenvalue weighted by molar-refractivity contribution is 5.75. The van der Waals surface area contributed by atoms with Crippen molar-refractivity contribution in [2.75, 3.05) is 10.6 Å². The van der Waals surface area contributed by atoms with Gasteiger partial charge in [-0.2, -0.15) is 9.97 Å². The number of phenols is 1. The van der Waals surface area contributed by atoms with Crippen LogP contribution in [0.25, 0.3) is 22.3 Å². The summed E-state index contributed by atoms with van der Waals surface area (Å²) in [6.45, 7) is 4.87. The first-order valence-electron chi connectivity index (χ1n) is 19.7. The van der Waals surface area contributed by atoms with Gasteiger partial charge in [-0.1, -0.05) is 49.9 Å². The first kappa shape index (κ1) is 39.2. The van der Waals surface area contributed by atoms with E-state index in [9.17, 15) is 24.3 Å². The quantitative estimate of drug-likeness (QED) is 0.183. The standard InChI is InChI=1S/C22H29N5O3.C19H23N5O3/c1-14(2)30-17-11-9-15(10-12-17)13-27-18-19(25(3)22(29)26(4)20(18)28)24-21(27)23-16-7-5-6-8-16;1-22-16-15(17(26)23(2)19(22)27)24(11-12-7-9-14(25)10-8-12)18(21-16)20-13-5-3-4-6-13/h9-12,14,16H,5-8,13H2,1-4H3,(H,23,24);7-10,13,25H,3-6,11H2,1-2H3,(H,20,21). The number of hydrogen-bond donors (Lipinski definition) is 3. The van der Waals surface area contributed by atoms with Gasteiger partial charge in [0.25, 0.3) is 11.1 Å². The van der Waals surface area contributed by atoms with Crippen LogP contribution >= 0.6 is 0 Å². The number of aryl methyl sites for hydroxylation is 2. The number of nitrogens with zero attached hydrogens (tertiary/aromatic N) is 8. The molecule has 302 valence electrons. The summed E-state index contributed by atoms with van der Waals surface area (Å²) in [6.07, 6.45) is 9.15. The maximum Gasteiger partial charge on any atom is 0.332 e. The molecule has 2 saturated carbocycles. The van der Waals surface area contributed by atoms with E-state index in [0.29, 0.717) is 59.4 Å². The summed E-state index contributed by atoms with van der Waals surface area (Å²) in [5, 5.41) is 16.5. The maximum absolute atomic E-state index is 13.0.